The zero-order valence-corrected chi connectivity index (χ0v) is 37.0. The molecule has 15 nitrogen and oxygen atoms in total. The number of aliphatic hydroxyl groups excluding tert-OH is 3. The number of fused-ring (bicyclic) bond motifs is 5. The van der Waals surface area contributed by atoms with E-state index >= 15 is 4.79 Å². The third-order valence-corrected chi connectivity index (χ3v) is 15.5. The van der Waals surface area contributed by atoms with Crippen LogP contribution in [-0.2, 0) is 43.4 Å². The van der Waals surface area contributed by atoms with E-state index in [2.05, 4.69) is 4.72 Å². The maximum Gasteiger partial charge on any atom is 0.338 e. The van der Waals surface area contributed by atoms with Crippen LogP contribution < -0.4 is 4.72 Å². The van der Waals surface area contributed by atoms with Crippen molar-refractivity contribution in [1.82, 2.24) is 4.72 Å². The Hall–Kier alpha value is -4.81. The number of nitrogens with one attached hydrogen (secondary N) is 1. The van der Waals surface area contributed by atoms with Gasteiger partial charge in [0, 0.05) is 25.2 Å². The maximum atomic E-state index is 15.0. The van der Waals surface area contributed by atoms with Crippen molar-refractivity contribution in [2.75, 3.05) is 6.61 Å². The largest absolute Gasteiger partial charge is 0.456 e. The van der Waals surface area contributed by atoms with E-state index in [0.29, 0.717) is 0 Å². The highest BCUT2D eigenvalue weighted by molar-refractivity contribution is 7.89. The third kappa shape index (κ3) is 7.62. The molecular formula is C47H55NO14S. The number of Topliss-reactive ketones (excluding diaryl/α,β-unsaturated/α-hetero) is 1. The molecule has 0 spiro atoms. The van der Waals surface area contributed by atoms with Gasteiger partial charge in [0.05, 0.1) is 40.5 Å². The summed E-state index contributed by atoms with van der Waals surface area (Å²) < 4.78 is 54.3. The Bertz CT molecular complexity index is 2400. The maximum absolute atomic E-state index is 15.0. The SMILES string of the molecule is CC(=O)O[C@@]12CO[C@@H]1C[C@H](O)[C@@]1(C)C(=O)[C@H](O)C3=C(C)[C@@H](OC(=O)[C@H](O)[C@@H](NS(=O)(=O)c4ccc(C(C)C)cc4)c4ccccc4)C[C@@](O)([C@@H](OC(=O)c4ccccc4)[C@H]21)C3(C)C. The molecule has 3 aromatic carbocycles. The van der Waals surface area contributed by atoms with Crippen LogP contribution in [0.3, 0.4) is 0 Å². The standard InChI is InChI=1S/C47H55NO14S/c1-25(2)28-18-20-31(21-19-28)63(57,58)48-36(29-14-10-8-11-15-29)38(52)43(55)60-32-23-47(56)41(61-42(54)30-16-12-9-13-17-30)39-45(7,40(53)37(51)35(26(32)3)44(47,5)6)33(50)22-34-46(39,24-59-34)62-27(4)49/h8-21,25,32-34,36-39,41,48,50-52,56H,22-24H2,1-7H3/t32-,33-,34+,36-,37+,38+,39-,41-,45+,46-,47+/m0/s1. The lowest BCUT2D eigenvalue weighted by Gasteiger charge is -2.67. The van der Waals surface area contributed by atoms with Gasteiger partial charge in [-0.2, -0.15) is 0 Å². The second-order valence-corrected chi connectivity index (χ2v) is 20.0. The molecule has 3 fully saturated rings. The zero-order chi connectivity index (χ0) is 46.0. The number of carbonyl (C=O) groups excluding carboxylic acids is 4. The van der Waals surface area contributed by atoms with Crippen LogP contribution in [-0.4, -0.2) is 107 Å². The number of hydrogen-bond acceptors (Lipinski definition) is 14. The molecule has 11 atom stereocenters. The van der Waals surface area contributed by atoms with Crippen LogP contribution in [0, 0.1) is 16.7 Å². The first kappa shape index (κ1) is 46.2. The lowest BCUT2D eigenvalue weighted by molar-refractivity contribution is -0.346. The number of benzene rings is 3. The molecule has 16 heteroatoms. The first-order valence-electron chi connectivity index (χ1n) is 21.0. The van der Waals surface area contributed by atoms with Gasteiger partial charge in [0.1, 0.15) is 30.0 Å². The van der Waals surface area contributed by atoms with E-state index in [1.165, 1.54) is 64.1 Å². The van der Waals surface area contributed by atoms with E-state index in [-0.39, 0.29) is 46.1 Å². The summed E-state index contributed by atoms with van der Waals surface area (Å²) in [5.41, 5.74) is -6.68. The Morgan fingerprint density at radius 1 is 0.889 bits per heavy atom. The number of ether oxygens (including phenoxy) is 4. The smallest absolute Gasteiger partial charge is 0.338 e. The van der Waals surface area contributed by atoms with Crippen molar-refractivity contribution in [3.63, 3.8) is 0 Å². The van der Waals surface area contributed by atoms with Gasteiger partial charge in [-0.3, -0.25) is 9.59 Å². The van der Waals surface area contributed by atoms with Gasteiger partial charge in [-0.05, 0) is 66.3 Å². The van der Waals surface area contributed by atoms with Crippen LogP contribution >= 0.6 is 0 Å². The molecule has 5 N–H and O–H groups in total. The fraction of sp³-hybridized carbons (Fsp3) is 0.489. The summed E-state index contributed by atoms with van der Waals surface area (Å²) in [5, 5.41) is 49.5. The molecule has 338 valence electrons. The lowest BCUT2D eigenvalue weighted by Crippen LogP contribution is -2.81. The summed E-state index contributed by atoms with van der Waals surface area (Å²) >= 11 is 0. The third-order valence-electron chi connectivity index (χ3n) is 14.0. The molecule has 3 aliphatic carbocycles. The normalized spacial score (nSPS) is 32.2. The Kier molecular flexibility index (Phi) is 12.2. The predicted molar refractivity (Wildman–Crippen MR) is 225 cm³/mol. The fourth-order valence-electron chi connectivity index (χ4n) is 10.4. The molecule has 0 amide bonds. The van der Waals surface area contributed by atoms with Crippen molar-refractivity contribution >= 4 is 33.7 Å². The molecule has 63 heavy (non-hydrogen) atoms. The van der Waals surface area contributed by atoms with Gasteiger partial charge in [0.2, 0.25) is 10.0 Å². The summed E-state index contributed by atoms with van der Waals surface area (Å²) in [4.78, 5) is 56.3. The number of carbonyl (C=O) groups is 4. The van der Waals surface area contributed by atoms with E-state index in [1.54, 1.807) is 48.5 Å². The number of sulfonamides is 1. The van der Waals surface area contributed by atoms with Gasteiger partial charge in [-0.1, -0.05) is 88.4 Å². The summed E-state index contributed by atoms with van der Waals surface area (Å²) in [6.45, 7) is 10.7. The van der Waals surface area contributed by atoms with Gasteiger partial charge < -0.3 is 39.4 Å². The van der Waals surface area contributed by atoms with Crippen molar-refractivity contribution < 1.29 is 67.0 Å². The van der Waals surface area contributed by atoms with Gasteiger partial charge in [0.15, 0.2) is 17.5 Å². The molecule has 7 rings (SSSR count). The van der Waals surface area contributed by atoms with Crippen molar-refractivity contribution in [2.45, 2.75) is 126 Å². The van der Waals surface area contributed by atoms with Gasteiger partial charge >= 0.3 is 17.9 Å². The topological polar surface area (TPSA) is 232 Å². The molecule has 0 unspecified atom stereocenters. The number of rotatable bonds is 11. The van der Waals surface area contributed by atoms with E-state index in [1.807, 2.05) is 13.8 Å². The van der Waals surface area contributed by atoms with Crippen molar-refractivity contribution in [2.24, 2.45) is 16.7 Å². The highest BCUT2D eigenvalue weighted by atomic mass is 32.2. The highest BCUT2D eigenvalue weighted by Gasteiger charge is 2.78. The van der Waals surface area contributed by atoms with Gasteiger partial charge in [0.25, 0.3) is 0 Å². The first-order chi connectivity index (χ1) is 29.5. The molecule has 3 aromatic rings. The molecule has 1 heterocycles. The molecule has 2 saturated carbocycles. The number of ketones is 1. The highest BCUT2D eigenvalue weighted by Crippen LogP contribution is 2.64. The fourth-order valence-corrected chi connectivity index (χ4v) is 11.6. The summed E-state index contributed by atoms with van der Waals surface area (Å²) in [6, 6.07) is 20.3. The van der Waals surface area contributed by atoms with E-state index in [9.17, 15) is 43.2 Å². The molecule has 0 radical (unpaired) electrons. The van der Waals surface area contributed by atoms with Crippen LogP contribution in [0.15, 0.2) is 101 Å². The average Bonchev–Trinajstić information content (AvgIpc) is 3.24. The second-order valence-electron chi connectivity index (χ2n) is 18.3. The average molecular weight is 890 g/mol. The van der Waals surface area contributed by atoms with Gasteiger partial charge in [-0.25, -0.2) is 22.7 Å². The summed E-state index contributed by atoms with van der Waals surface area (Å²) in [6.07, 6.45) is -11.0. The van der Waals surface area contributed by atoms with Gasteiger partial charge in [-0.15, -0.1) is 0 Å². The monoisotopic (exact) mass is 889 g/mol. The molecular weight excluding hydrogens is 835 g/mol. The minimum absolute atomic E-state index is 0.0625. The Labute approximate surface area is 366 Å². The molecule has 1 aliphatic heterocycles. The summed E-state index contributed by atoms with van der Waals surface area (Å²) in [5.74, 6) is -5.41. The van der Waals surface area contributed by atoms with E-state index in [4.69, 9.17) is 18.9 Å². The Balaban J connectivity index is 1.33. The summed E-state index contributed by atoms with van der Waals surface area (Å²) in [7, 11) is -4.37. The molecule has 0 aromatic heterocycles. The van der Waals surface area contributed by atoms with E-state index in [0.717, 1.165) is 12.5 Å². The van der Waals surface area contributed by atoms with Crippen LogP contribution in [0.25, 0.3) is 0 Å². The molecule has 4 aliphatic rings. The first-order valence-corrected chi connectivity index (χ1v) is 22.5. The predicted octanol–water partition coefficient (Wildman–Crippen LogP) is 3.84. The Morgan fingerprint density at radius 3 is 2.05 bits per heavy atom. The van der Waals surface area contributed by atoms with Crippen LogP contribution in [0.5, 0.6) is 0 Å². The number of esters is 3. The molecule has 1 saturated heterocycles. The quantitative estimate of drug-likeness (QED) is 0.105. The number of aliphatic hydroxyl groups is 4. The van der Waals surface area contributed by atoms with E-state index < -0.39 is 111 Å². The van der Waals surface area contributed by atoms with Crippen molar-refractivity contribution in [1.29, 1.82) is 0 Å². The zero-order valence-electron chi connectivity index (χ0n) is 36.2. The number of hydrogen-bond donors (Lipinski definition) is 5. The lowest BCUT2D eigenvalue weighted by atomic mass is 9.44. The molecule has 2 bridgehead atoms. The van der Waals surface area contributed by atoms with Crippen LogP contribution in [0.2, 0.25) is 0 Å². The minimum Gasteiger partial charge on any atom is -0.456 e. The van der Waals surface area contributed by atoms with Crippen molar-refractivity contribution in [3.8, 4) is 0 Å². The van der Waals surface area contributed by atoms with Crippen LogP contribution in [0.4, 0.5) is 0 Å². The second kappa shape index (κ2) is 16.6. The van der Waals surface area contributed by atoms with Crippen LogP contribution in [0.1, 0.15) is 94.8 Å². The van der Waals surface area contributed by atoms with Crippen molar-refractivity contribution in [3.05, 3.63) is 113 Å². The minimum atomic E-state index is -4.37. The Morgan fingerprint density at radius 2 is 1.49 bits per heavy atom.